The molecule has 0 aliphatic heterocycles. The van der Waals surface area contributed by atoms with E-state index in [1.807, 2.05) is 31.2 Å². The molecule has 0 spiro atoms. The van der Waals surface area contributed by atoms with Crippen LogP contribution >= 0.6 is 15.9 Å². The molecule has 2 aromatic carbocycles. The minimum absolute atomic E-state index is 0.118. The van der Waals surface area contributed by atoms with Crippen LogP contribution in [0.1, 0.15) is 12.5 Å². The Morgan fingerprint density at radius 2 is 1.71 bits per heavy atom. The molecule has 0 aliphatic rings. The first-order chi connectivity index (χ1) is 11.6. The van der Waals surface area contributed by atoms with Gasteiger partial charge in [0.2, 0.25) is 5.91 Å². The van der Waals surface area contributed by atoms with Crippen LogP contribution in [0.15, 0.2) is 40.9 Å². The van der Waals surface area contributed by atoms with Gasteiger partial charge in [-0.25, -0.2) is 0 Å². The fraction of sp³-hybridized carbons (Fsp3) is 0.278. The molecular formula is C18H20BrNO4. The van der Waals surface area contributed by atoms with Crippen molar-refractivity contribution in [1.29, 1.82) is 0 Å². The fourth-order valence-electron chi connectivity index (χ4n) is 2.21. The highest BCUT2D eigenvalue weighted by molar-refractivity contribution is 9.10. The molecule has 0 atom stereocenters. The molecule has 24 heavy (non-hydrogen) atoms. The lowest BCUT2D eigenvalue weighted by molar-refractivity contribution is -0.115. The van der Waals surface area contributed by atoms with Gasteiger partial charge in [-0.15, -0.1) is 0 Å². The lowest BCUT2D eigenvalue weighted by Gasteiger charge is -2.12. The van der Waals surface area contributed by atoms with Crippen LogP contribution in [0.5, 0.6) is 17.2 Å². The average molecular weight is 394 g/mol. The molecular weight excluding hydrogens is 374 g/mol. The third-order valence-electron chi connectivity index (χ3n) is 3.35. The summed E-state index contributed by atoms with van der Waals surface area (Å²) >= 11 is 3.46. The maximum Gasteiger partial charge on any atom is 0.228 e. The minimum atomic E-state index is -0.118. The summed E-state index contributed by atoms with van der Waals surface area (Å²) in [5.41, 5.74) is 1.54. The first-order valence-corrected chi connectivity index (χ1v) is 8.29. The lowest BCUT2D eigenvalue weighted by atomic mass is 10.1. The number of halogens is 1. The number of hydrogen-bond acceptors (Lipinski definition) is 4. The lowest BCUT2D eigenvalue weighted by Crippen LogP contribution is -2.14. The molecule has 2 rings (SSSR count). The van der Waals surface area contributed by atoms with E-state index in [0.717, 1.165) is 21.5 Å². The van der Waals surface area contributed by atoms with E-state index in [-0.39, 0.29) is 12.3 Å². The topological polar surface area (TPSA) is 56.8 Å². The van der Waals surface area contributed by atoms with Crippen LogP contribution in [-0.2, 0) is 11.2 Å². The largest absolute Gasteiger partial charge is 0.494 e. The summed E-state index contributed by atoms with van der Waals surface area (Å²) in [6, 6.07) is 10.9. The standard InChI is InChI=1S/C18H20BrNO4/c1-4-24-14-7-5-13(6-8-14)20-18(21)10-12-9-16(22-2)17(23-3)11-15(12)19/h5-9,11H,4,10H2,1-3H3,(H,20,21). The van der Waals surface area contributed by atoms with Crippen LogP contribution in [0.2, 0.25) is 0 Å². The normalized spacial score (nSPS) is 10.2. The third-order valence-corrected chi connectivity index (χ3v) is 4.09. The van der Waals surface area contributed by atoms with Crippen LogP contribution in [-0.4, -0.2) is 26.7 Å². The Morgan fingerprint density at radius 1 is 1.08 bits per heavy atom. The maximum absolute atomic E-state index is 12.3. The number of ether oxygens (including phenoxy) is 3. The summed E-state index contributed by atoms with van der Waals surface area (Å²) in [5.74, 6) is 1.86. The molecule has 5 nitrogen and oxygen atoms in total. The van der Waals surface area contributed by atoms with E-state index in [1.54, 1.807) is 26.4 Å². The fourth-order valence-corrected chi connectivity index (χ4v) is 2.67. The predicted octanol–water partition coefficient (Wildman–Crippen LogP) is 4.05. The molecule has 0 unspecified atom stereocenters. The van der Waals surface area contributed by atoms with Crippen LogP contribution in [0.3, 0.4) is 0 Å². The third kappa shape index (κ3) is 4.64. The van der Waals surface area contributed by atoms with Gasteiger partial charge in [0.05, 0.1) is 27.2 Å². The Morgan fingerprint density at radius 3 is 2.29 bits per heavy atom. The van der Waals surface area contributed by atoms with Gasteiger partial charge in [-0.3, -0.25) is 4.79 Å². The van der Waals surface area contributed by atoms with Crippen molar-refractivity contribution in [2.24, 2.45) is 0 Å². The number of methoxy groups -OCH3 is 2. The summed E-state index contributed by atoms with van der Waals surface area (Å²) in [5, 5.41) is 2.87. The van der Waals surface area contributed by atoms with Crippen LogP contribution in [0.4, 0.5) is 5.69 Å². The number of hydrogen-bond donors (Lipinski definition) is 1. The Labute approximate surface area is 150 Å². The van der Waals surface area contributed by atoms with E-state index in [9.17, 15) is 4.79 Å². The van der Waals surface area contributed by atoms with Gasteiger partial charge >= 0.3 is 0 Å². The van der Waals surface area contributed by atoms with Gasteiger partial charge in [0, 0.05) is 10.2 Å². The summed E-state index contributed by atoms with van der Waals surface area (Å²) in [7, 11) is 3.14. The number of anilines is 1. The molecule has 0 saturated carbocycles. The second kappa shape index (κ2) is 8.59. The Bertz CT molecular complexity index is 701. The number of carbonyl (C=O) groups is 1. The van der Waals surface area contributed by atoms with Crippen molar-refractivity contribution in [3.63, 3.8) is 0 Å². The molecule has 0 heterocycles. The monoisotopic (exact) mass is 393 g/mol. The second-order valence-corrected chi connectivity index (χ2v) is 5.84. The van der Waals surface area contributed by atoms with Gasteiger partial charge in [0.25, 0.3) is 0 Å². The Hall–Kier alpha value is -2.21. The zero-order chi connectivity index (χ0) is 17.5. The number of carbonyl (C=O) groups excluding carboxylic acids is 1. The number of amides is 1. The first-order valence-electron chi connectivity index (χ1n) is 7.50. The minimum Gasteiger partial charge on any atom is -0.494 e. The number of rotatable bonds is 7. The number of benzene rings is 2. The van der Waals surface area contributed by atoms with Crippen LogP contribution in [0.25, 0.3) is 0 Å². The molecule has 0 saturated heterocycles. The van der Waals surface area contributed by atoms with Crippen molar-refractivity contribution >= 4 is 27.5 Å². The Balaban J connectivity index is 2.06. The van der Waals surface area contributed by atoms with Gasteiger partial charge in [0.1, 0.15) is 5.75 Å². The van der Waals surface area contributed by atoms with E-state index in [2.05, 4.69) is 21.2 Å². The zero-order valence-corrected chi connectivity index (χ0v) is 15.5. The number of nitrogens with one attached hydrogen (secondary N) is 1. The summed E-state index contributed by atoms with van der Waals surface area (Å²) in [6.07, 6.45) is 0.216. The van der Waals surface area contributed by atoms with Crippen LogP contribution in [0, 0.1) is 0 Å². The van der Waals surface area contributed by atoms with Crippen molar-refractivity contribution in [3.8, 4) is 17.2 Å². The summed E-state index contributed by atoms with van der Waals surface area (Å²) < 4.78 is 16.7. The molecule has 0 radical (unpaired) electrons. The van der Waals surface area contributed by atoms with Crippen molar-refractivity contribution in [2.75, 3.05) is 26.1 Å². The van der Waals surface area contributed by atoms with E-state index in [0.29, 0.717) is 18.1 Å². The maximum atomic E-state index is 12.3. The summed E-state index contributed by atoms with van der Waals surface area (Å²) in [4.78, 5) is 12.3. The summed E-state index contributed by atoms with van der Waals surface area (Å²) in [6.45, 7) is 2.54. The van der Waals surface area contributed by atoms with Gasteiger partial charge in [-0.1, -0.05) is 15.9 Å². The highest BCUT2D eigenvalue weighted by atomic mass is 79.9. The first kappa shape index (κ1) is 18.1. The van der Waals surface area contributed by atoms with Crippen molar-refractivity contribution in [2.45, 2.75) is 13.3 Å². The average Bonchev–Trinajstić information content (AvgIpc) is 2.58. The molecule has 1 N–H and O–H groups in total. The highest BCUT2D eigenvalue weighted by Gasteiger charge is 2.13. The molecule has 0 aromatic heterocycles. The van der Waals surface area contributed by atoms with Crippen molar-refractivity contribution < 1.29 is 19.0 Å². The van der Waals surface area contributed by atoms with Gasteiger partial charge in [0.15, 0.2) is 11.5 Å². The highest BCUT2D eigenvalue weighted by Crippen LogP contribution is 2.33. The molecule has 0 aliphatic carbocycles. The predicted molar refractivity (Wildman–Crippen MR) is 97.2 cm³/mol. The van der Waals surface area contributed by atoms with Gasteiger partial charge in [-0.05, 0) is 48.9 Å². The molecule has 1 amide bonds. The molecule has 2 aromatic rings. The molecule has 0 fully saturated rings. The second-order valence-electron chi connectivity index (χ2n) is 4.98. The quantitative estimate of drug-likeness (QED) is 0.770. The van der Waals surface area contributed by atoms with E-state index < -0.39 is 0 Å². The van der Waals surface area contributed by atoms with E-state index in [4.69, 9.17) is 14.2 Å². The Kier molecular flexibility index (Phi) is 6.49. The van der Waals surface area contributed by atoms with Crippen LogP contribution < -0.4 is 19.5 Å². The zero-order valence-electron chi connectivity index (χ0n) is 13.9. The van der Waals surface area contributed by atoms with Crippen molar-refractivity contribution in [3.05, 3.63) is 46.4 Å². The smallest absolute Gasteiger partial charge is 0.228 e. The molecule has 128 valence electrons. The van der Waals surface area contributed by atoms with Crippen molar-refractivity contribution in [1.82, 2.24) is 0 Å². The molecule has 0 bridgehead atoms. The van der Waals surface area contributed by atoms with Gasteiger partial charge < -0.3 is 19.5 Å². The SMILES string of the molecule is CCOc1ccc(NC(=O)Cc2cc(OC)c(OC)cc2Br)cc1. The van der Waals surface area contributed by atoms with E-state index in [1.165, 1.54) is 0 Å². The van der Waals surface area contributed by atoms with Gasteiger partial charge in [-0.2, -0.15) is 0 Å². The molecule has 6 heteroatoms. The van der Waals surface area contributed by atoms with E-state index >= 15 is 0 Å².